The molecule has 1 aromatic rings. The molecule has 0 aliphatic rings. The summed E-state index contributed by atoms with van der Waals surface area (Å²) >= 11 is 0. The van der Waals surface area contributed by atoms with E-state index in [0.29, 0.717) is 13.0 Å². The molecule has 0 radical (unpaired) electrons. The molecule has 0 fully saturated rings. The zero-order valence-electron chi connectivity index (χ0n) is 11.3. The van der Waals surface area contributed by atoms with Crippen molar-refractivity contribution in [1.29, 1.82) is 0 Å². The topological polar surface area (TPSA) is 64.3 Å². The first kappa shape index (κ1) is 14.7. The molecule has 100 valence electrons. The van der Waals surface area contributed by atoms with Gasteiger partial charge in [0.15, 0.2) is 0 Å². The number of hydrogen-bond acceptors (Lipinski definition) is 3. The Bertz CT molecular complexity index is 377. The SMILES string of the molecule is COC(C)(C)CC(=O)NC(CN)c1ccccc1. The van der Waals surface area contributed by atoms with Crippen LogP contribution in [-0.2, 0) is 9.53 Å². The van der Waals surface area contributed by atoms with Gasteiger partial charge in [-0.15, -0.1) is 0 Å². The van der Waals surface area contributed by atoms with Crippen LogP contribution in [0.2, 0.25) is 0 Å². The van der Waals surface area contributed by atoms with E-state index in [1.165, 1.54) is 0 Å². The summed E-state index contributed by atoms with van der Waals surface area (Å²) in [7, 11) is 1.60. The van der Waals surface area contributed by atoms with Crippen LogP contribution in [0.4, 0.5) is 0 Å². The Balaban J connectivity index is 2.62. The molecule has 1 unspecified atom stereocenters. The third kappa shape index (κ3) is 4.47. The van der Waals surface area contributed by atoms with Gasteiger partial charge in [-0.05, 0) is 19.4 Å². The molecule has 1 rings (SSSR count). The molecule has 0 aromatic heterocycles. The van der Waals surface area contributed by atoms with Gasteiger partial charge in [-0.2, -0.15) is 0 Å². The van der Waals surface area contributed by atoms with Gasteiger partial charge in [0.2, 0.25) is 5.91 Å². The molecular weight excluding hydrogens is 228 g/mol. The molecule has 1 amide bonds. The Morgan fingerprint density at radius 3 is 2.50 bits per heavy atom. The van der Waals surface area contributed by atoms with Crippen LogP contribution in [0.15, 0.2) is 30.3 Å². The fourth-order valence-corrected chi connectivity index (χ4v) is 1.67. The fraction of sp³-hybridized carbons (Fsp3) is 0.500. The van der Waals surface area contributed by atoms with Gasteiger partial charge in [0.1, 0.15) is 0 Å². The fourth-order valence-electron chi connectivity index (χ4n) is 1.67. The van der Waals surface area contributed by atoms with Crippen LogP contribution in [-0.4, -0.2) is 25.2 Å². The summed E-state index contributed by atoms with van der Waals surface area (Å²) in [5.74, 6) is -0.0545. The highest BCUT2D eigenvalue weighted by Crippen LogP contribution is 2.15. The van der Waals surface area contributed by atoms with Crippen molar-refractivity contribution in [3.05, 3.63) is 35.9 Å². The molecule has 1 atom stereocenters. The molecule has 0 aliphatic carbocycles. The van der Waals surface area contributed by atoms with E-state index in [-0.39, 0.29) is 11.9 Å². The predicted molar refractivity (Wildman–Crippen MR) is 72.1 cm³/mol. The summed E-state index contributed by atoms with van der Waals surface area (Å²) in [4.78, 5) is 11.9. The second-order valence-corrected chi connectivity index (χ2v) is 4.91. The number of rotatable bonds is 6. The maximum absolute atomic E-state index is 11.9. The highest BCUT2D eigenvalue weighted by molar-refractivity contribution is 5.77. The number of nitrogens with one attached hydrogen (secondary N) is 1. The van der Waals surface area contributed by atoms with Crippen molar-refractivity contribution in [2.75, 3.05) is 13.7 Å². The van der Waals surface area contributed by atoms with Gasteiger partial charge in [-0.3, -0.25) is 4.79 Å². The molecular formula is C14H22N2O2. The summed E-state index contributed by atoms with van der Waals surface area (Å²) in [5, 5.41) is 2.93. The van der Waals surface area contributed by atoms with Crippen LogP contribution >= 0.6 is 0 Å². The zero-order chi connectivity index (χ0) is 13.6. The molecule has 4 heteroatoms. The minimum Gasteiger partial charge on any atom is -0.378 e. The van der Waals surface area contributed by atoms with Crippen molar-refractivity contribution in [1.82, 2.24) is 5.32 Å². The number of nitrogens with two attached hydrogens (primary N) is 1. The summed E-state index contributed by atoms with van der Waals surface area (Å²) in [6, 6.07) is 9.57. The van der Waals surface area contributed by atoms with Gasteiger partial charge < -0.3 is 15.8 Å². The van der Waals surface area contributed by atoms with Crippen LogP contribution in [0.3, 0.4) is 0 Å². The van der Waals surface area contributed by atoms with Crippen molar-refractivity contribution in [2.24, 2.45) is 5.73 Å². The van der Waals surface area contributed by atoms with Crippen LogP contribution in [0.25, 0.3) is 0 Å². The second-order valence-electron chi connectivity index (χ2n) is 4.91. The van der Waals surface area contributed by atoms with Crippen molar-refractivity contribution >= 4 is 5.91 Å². The number of benzene rings is 1. The number of carbonyl (C=O) groups excluding carboxylic acids is 1. The minimum absolute atomic E-state index is 0.0545. The van der Waals surface area contributed by atoms with Crippen LogP contribution in [0.1, 0.15) is 31.9 Å². The minimum atomic E-state index is -0.458. The summed E-state index contributed by atoms with van der Waals surface area (Å²) in [6.45, 7) is 4.14. The largest absolute Gasteiger partial charge is 0.378 e. The Hall–Kier alpha value is -1.39. The first-order valence-corrected chi connectivity index (χ1v) is 6.08. The monoisotopic (exact) mass is 250 g/mol. The lowest BCUT2D eigenvalue weighted by molar-refractivity contribution is -0.126. The molecule has 0 saturated heterocycles. The summed E-state index contributed by atoms with van der Waals surface area (Å²) in [5.41, 5.74) is 6.26. The second kappa shape index (κ2) is 6.52. The van der Waals surface area contributed by atoms with Crippen molar-refractivity contribution in [3.63, 3.8) is 0 Å². The van der Waals surface area contributed by atoms with Crippen LogP contribution in [0, 0.1) is 0 Å². The molecule has 3 N–H and O–H groups in total. The van der Waals surface area contributed by atoms with Crippen LogP contribution in [0.5, 0.6) is 0 Å². The first-order valence-electron chi connectivity index (χ1n) is 6.08. The lowest BCUT2D eigenvalue weighted by Gasteiger charge is -2.24. The lowest BCUT2D eigenvalue weighted by atomic mass is 10.0. The Labute approximate surface area is 109 Å². The predicted octanol–water partition coefficient (Wildman–Crippen LogP) is 1.62. The zero-order valence-corrected chi connectivity index (χ0v) is 11.3. The van der Waals surface area contributed by atoms with Gasteiger partial charge >= 0.3 is 0 Å². The molecule has 1 aromatic carbocycles. The number of ether oxygens (including phenoxy) is 1. The third-order valence-corrected chi connectivity index (χ3v) is 2.91. The number of hydrogen-bond donors (Lipinski definition) is 2. The van der Waals surface area contributed by atoms with Gasteiger partial charge in [0.25, 0.3) is 0 Å². The smallest absolute Gasteiger partial charge is 0.223 e. The normalized spacial score (nSPS) is 13.1. The Morgan fingerprint density at radius 1 is 1.39 bits per heavy atom. The van der Waals surface area contributed by atoms with Gasteiger partial charge in [-0.25, -0.2) is 0 Å². The van der Waals surface area contributed by atoms with E-state index in [0.717, 1.165) is 5.56 Å². The van der Waals surface area contributed by atoms with E-state index in [4.69, 9.17) is 10.5 Å². The van der Waals surface area contributed by atoms with Gasteiger partial charge in [0.05, 0.1) is 18.1 Å². The molecule has 18 heavy (non-hydrogen) atoms. The molecule has 0 spiro atoms. The standard InChI is InChI=1S/C14H22N2O2/c1-14(2,18-3)9-13(17)16-12(10-15)11-7-5-4-6-8-11/h4-8,12H,9-10,15H2,1-3H3,(H,16,17). The molecule has 4 nitrogen and oxygen atoms in total. The van der Waals surface area contributed by atoms with Crippen molar-refractivity contribution in [3.8, 4) is 0 Å². The third-order valence-electron chi connectivity index (χ3n) is 2.91. The van der Waals surface area contributed by atoms with E-state index in [1.54, 1.807) is 7.11 Å². The maximum atomic E-state index is 11.9. The molecule has 0 aliphatic heterocycles. The quantitative estimate of drug-likeness (QED) is 0.806. The number of carbonyl (C=O) groups is 1. The number of amides is 1. The van der Waals surface area contributed by atoms with Gasteiger partial charge in [0, 0.05) is 13.7 Å². The van der Waals surface area contributed by atoms with Crippen molar-refractivity contribution < 1.29 is 9.53 Å². The molecule has 0 bridgehead atoms. The Morgan fingerprint density at radius 2 is 2.00 bits per heavy atom. The summed E-state index contributed by atoms with van der Waals surface area (Å²) in [6.07, 6.45) is 0.312. The highest BCUT2D eigenvalue weighted by Gasteiger charge is 2.22. The Kier molecular flexibility index (Phi) is 5.31. The lowest BCUT2D eigenvalue weighted by Crippen LogP contribution is -2.38. The molecule has 0 heterocycles. The van der Waals surface area contributed by atoms with E-state index >= 15 is 0 Å². The average molecular weight is 250 g/mol. The van der Waals surface area contributed by atoms with E-state index in [9.17, 15) is 4.79 Å². The van der Waals surface area contributed by atoms with E-state index in [2.05, 4.69) is 5.32 Å². The van der Waals surface area contributed by atoms with E-state index < -0.39 is 5.60 Å². The maximum Gasteiger partial charge on any atom is 0.223 e. The number of methoxy groups -OCH3 is 1. The first-order chi connectivity index (χ1) is 8.48. The van der Waals surface area contributed by atoms with Gasteiger partial charge in [-0.1, -0.05) is 30.3 Å². The van der Waals surface area contributed by atoms with E-state index in [1.807, 2.05) is 44.2 Å². The molecule has 0 saturated carbocycles. The summed E-state index contributed by atoms with van der Waals surface area (Å²) < 4.78 is 5.24. The highest BCUT2D eigenvalue weighted by atomic mass is 16.5. The van der Waals surface area contributed by atoms with Crippen LogP contribution < -0.4 is 11.1 Å². The van der Waals surface area contributed by atoms with Crippen molar-refractivity contribution in [2.45, 2.75) is 31.9 Å². The average Bonchev–Trinajstić information content (AvgIpc) is 2.36.